The van der Waals surface area contributed by atoms with Crippen molar-refractivity contribution in [1.82, 2.24) is 9.80 Å². The summed E-state index contributed by atoms with van der Waals surface area (Å²) in [6, 6.07) is 14.6. The minimum atomic E-state index is 0.261. The first-order valence-corrected chi connectivity index (χ1v) is 8.26. The molecule has 0 spiro atoms. The van der Waals surface area contributed by atoms with Gasteiger partial charge in [0.15, 0.2) is 0 Å². The lowest BCUT2D eigenvalue weighted by molar-refractivity contribution is -0.132. The zero-order valence-electron chi connectivity index (χ0n) is 12.1. The van der Waals surface area contributed by atoms with Crippen LogP contribution in [0.4, 0.5) is 0 Å². The van der Waals surface area contributed by atoms with Crippen molar-refractivity contribution in [3.8, 4) is 0 Å². The lowest BCUT2D eigenvalue weighted by atomic mass is 10.2. The number of thiophene rings is 1. The number of nitrogens with zero attached hydrogens (tertiary/aromatic N) is 2. The Morgan fingerprint density at radius 2 is 1.76 bits per heavy atom. The summed E-state index contributed by atoms with van der Waals surface area (Å²) < 4.78 is 0. The van der Waals surface area contributed by atoms with Crippen molar-refractivity contribution in [3.63, 3.8) is 0 Å². The number of benzene rings is 1. The molecule has 1 aromatic heterocycles. The van der Waals surface area contributed by atoms with Crippen LogP contribution in [-0.2, 0) is 17.8 Å². The van der Waals surface area contributed by atoms with Crippen LogP contribution in [0, 0.1) is 0 Å². The van der Waals surface area contributed by atoms with Crippen molar-refractivity contribution >= 4 is 17.2 Å². The largest absolute Gasteiger partial charge is 0.340 e. The van der Waals surface area contributed by atoms with E-state index in [9.17, 15) is 4.79 Å². The monoisotopic (exact) mass is 300 g/mol. The van der Waals surface area contributed by atoms with E-state index in [2.05, 4.69) is 29.2 Å². The van der Waals surface area contributed by atoms with Crippen LogP contribution in [0.3, 0.4) is 0 Å². The Morgan fingerprint density at radius 3 is 2.43 bits per heavy atom. The molecule has 4 heteroatoms. The minimum Gasteiger partial charge on any atom is -0.340 e. The maximum absolute atomic E-state index is 12.2. The molecule has 3 rings (SSSR count). The fourth-order valence-corrected chi connectivity index (χ4v) is 3.37. The number of piperazine rings is 1. The van der Waals surface area contributed by atoms with Gasteiger partial charge >= 0.3 is 0 Å². The van der Waals surface area contributed by atoms with E-state index < -0.39 is 0 Å². The molecular weight excluding hydrogens is 280 g/mol. The molecule has 1 fully saturated rings. The van der Waals surface area contributed by atoms with E-state index in [0.717, 1.165) is 37.6 Å². The summed E-state index contributed by atoms with van der Waals surface area (Å²) in [5.74, 6) is 0.261. The number of hydrogen-bond donors (Lipinski definition) is 0. The summed E-state index contributed by atoms with van der Waals surface area (Å²) in [6.45, 7) is 4.60. The molecule has 0 radical (unpaired) electrons. The SMILES string of the molecule is O=C(Cc1cccs1)N1CCN(Cc2ccccc2)CC1. The summed E-state index contributed by atoms with van der Waals surface area (Å²) in [4.78, 5) is 17.8. The lowest BCUT2D eigenvalue weighted by Gasteiger charge is -2.34. The number of amides is 1. The van der Waals surface area contributed by atoms with Gasteiger partial charge in [0.25, 0.3) is 0 Å². The fraction of sp³-hybridized carbons (Fsp3) is 0.353. The van der Waals surface area contributed by atoms with Gasteiger partial charge in [0.1, 0.15) is 0 Å². The molecule has 0 aliphatic carbocycles. The second-order valence-electron chi connectivity index (χ2n) is 5.40. The Kier molecular flexibility index (Phi) is 4.68. The zero-order valence-corrected chi connectivity index (χ0v) is 12.9. The predicted molar refractivity (Wildman–Crippen MR) is 86.3 cm³/mol. The summed E-state index contributed by atoms with van der Waals surface area (Å²) in [7, 11) is 0. The van der Waals surface area contributed by atoms with Crippen molar-refractivity contribution < 1.29 is 4.79 Å². The molecule has 0 N–H and O–H groups in total. The molecule has 1 aliphatic heterocycles. The molecule has 21 heavy (non-hydrogen) atoms. The van der Waals surface area contributed by atoms with E-state index >= 15 is 0 Å². The van der Waals surface area contributed by atoms with Gasteiger partial charge in [-0.05, 0) is 17.0 Å². The Bertz CT molecular complexity index is 560. The van der Waals surface area contributed by atoms with Gasteiger partial charge in [-0.1, -0.05) is 36.4 Å². The topological polar surface area (TPSA) is 23.6 Å². The summed E-state index contributed by atoms with van der Waals surface area (Å²) in [6.07, 6.45) is 0.552. The molecule has 1 aromatic carbocycles. The molecular formula is C17H20N2OS. The number of hydrogen-bond acceptors (Lipinski definition) is 3. The summed E-state index contributed by atoms with van der Waals surface area (Å²) >= 11 is 1.66. The highest BCUT2D eigenvalue weighted by Crippen LogP contribution is 2.13. The summed E-state index contributed by atoms with van der Waals surface area (Å²) in [5.41, 5.74) is 1.34. The van der Waals surface area contributed by atoms with Crippen LogP contribution in [0.5, 0.6) is 0 Å². The highest BCUT2D eigenvalue weighted by Gasteiger charge is 2.21. The molecule has 0 bridgehead atoms. The van der Waals surface area contributed by atoms with Crippen LogP contribution in [0.25, 0.3) is 0 Å². The molecule has 110 valence electrons. The molecule has 1 amide bonds. The van der Waals surface area contributed by atoms with Crippen LogP contribution in [-0.4, -0.2) is 41.9 Å². The zero-order chi connectivity index (χ0) is 14.5. The first kappa shape index (κ1) is 14.3. The Balaban J connectivity index is 1.47. The first-order valence-electron chi connectivity index (χ1n) is 7.38. The lowest BCUT2D eigenvalue weighted by Crippen LogP contribution is -2.48. The average molecular weight is 300 g/mol. The maximum atomic E-state index is 12.2. The van der Waals surface area contributed by atoms with Gasteiger partial charge in [-0.25, -0.2) is 0 Å². The fourth-order valence-electron chi connectivity index (χ4n) is 2.67. The smallest absolute Gasteiger partial charge is 0.227 e. The van der Waals surface area contributed by atoms with Gasteiger partial charge in [0, 0.05) is 37.6 Å². The number of rotatable bonds is 4. The van der Waals surface area contributed by atoms with Gasteiger partial charge < -0.3 is 4.90 Å². The second-order valence-corrected chi connectivity index (χ2v) is 6.43. The van der Waals surface area contributed by atoms with Crippen LogP contribution in [0.2, 0.25) is 0 Å². The van der Waals surface area contributed by atoms with Crippen LogP contribution < -0.4 is 0 Å². The molecule has 2 heterocycles. The maximum Gasteiger partial charge on any atom is 0.227 e. The highest BCUT2D eigenvalue weighted by molar-refractivity contribution is 7.10. The molecule has 1 saturated heterocycles. The third-order valence-corrected chi connectivity index (χ3v) is 4.76. The molecule has 0 saturated carbocycles. The summed E-state index contributed by atoms with van der Waals surface area (Å²) in [5, 5.41) is 2.03. The van der Waals surface area contributed by atoms with E-state index in [-0.39, 0.29) is 5.91 Å². The standard InChI is InChI=1S/C17H20N2OS/c20-17(13-16-7-4-12-21-16)19-10-8-18(9-11-19)14-15-5-2-1-3-6-15/h1-7,12H,8-11,13-14H2. The Labute approximate surface area is 129 Å². The van der Waals surface area contributed by atoms with Gasteiger partial charge in [0.05, 0.1) is 6.42 Å². The van der Waals surface area contributed by atoms with Crippen molar-refractivity contribution in [2.24, 2.45) is 0 Å². The molecule has 1 aliphatic rings. The van der Waals surface area contributed by atoms with E-state index in [1.54, 1.807) is 11.3 Å². The van der Waals surface area contributed by atoms with Crippen LogP contribution in [0.1, 0.15) is 10.4 Å². The van der Waals surface area contributed by atoms with Gasteiger partial charge in [0.2, 0.25) is 5.91 Å². The van der Waals surface area contributed by atoms with E-state index in [1.165, 1.54) is 5.56 Å². The molecule has 0 atom stereocenters. The number of carbonyl (C=O) groups is 1. The normalized spacial score (nSPS) is 16.1. The quantitative estimate of drug-likeness (QED) is 0.866. The van der Waals surface area contributed by atoms with Crippen molar-refractivity contribution in [1.29, 1.82) is 0 Å². The third-order valence-electron chi connectivity index (χ3n) is 3.88. The third kappa shape index (κ3) is 3.93. The van der Waals surface area contributed by atoms with E-state index in [0.29, 0.717) is 6.42 Å². The van der Waals surface area contributed by atoms with Crippen molar-refractivity contribution in [2.75, 3.05) is 26.2 Å². The first-order chi connectivity index (χ1) is 10.3. The van der Waals surface area contributed by atoms with E-state index in [4.69, 9.17) is 0 Å². The van der Waals surface area contributed by atoms with E-state index in [1.807, 2.05) is 28.5 Å². The van der Waals surface area contributed by atoms with Crippen molar-refractivity contribution in [2.45, 2.75) is 13.0 Å². The Morgan fingerprint density at radius 1 is 1.00 bits per heavy atom. The van der Waals surface area contributed by atoms with Crippen LogP contribution in [0.15, 0.2) is 47.8 Å². The Hall–Kier alpha value is -1.65. The van der Waals surface area contributed by atoms with Crippen molar-refractivity contribution in [3.05, 3.63) is 58.3 Å². The number of carbonyl (C=O) groups excluding carboxylic acids is 1. The van der Waals surface area contributed by atoms with Gasteiger partial charge in [-0.3, -0.25) is 9.69 Å². The van der Waals surface area contributed by atoms with Gasteiger partial charge in [-0.2, -0.15) is 0 Å². The second kappa shape index (κ2) is 6.87. The highest BCUT2D eigenvalue weighted by atomic mass is 32.1. The predicted octanol–water partition coefficient (Wildman–Crippen LogP) is 2.64. The van der Waals surface area contributed by atoms with Crippen LogP contribution >= 0.6 is 11.3 Å². The molecule has 3 nitrogen and oxygen atoms in total. The minimum absolute atomic E-state index is 0.261. The van der Waals surface area contributed by atoms with Gasteiger partial charge in [-0.15, -0.1) is 11.3 Å². The molecule has 2 aromatic rings. The average Bonchev–Trinajstić information content (AvgIpc) is 3.02. The molecule has 0 unspecified atom stereocenters.